The first kappa shape index (κ1) is 9.63. The lowest BCUT2D eigenvalue weighted by Gasteiger charge is -2.09. The van der Waals surface area contributed by atoms with Crippen LogP contribution in [0.1, 0.15) is 12.8 Å². The van der Waals surface area contributed by atoms with Crippen LogP contribution in [0.25, 0.3) is 0 Å². The fourth-order valence-electron chi connectivity index (χ4n) is 1.28. The van der Waals surface area contributed by atoms with Crippen molar-refractivity contribution in [1.82, 2.24) is 9.55 Å². The van der Waals surface area contributed by atoms with Crippen molar-refractivity contribution in [2.45, 2.75) is 18.9 Å². The highest BCUT2D eigenvalue weighted by Gasteiger charge is 2.24. The molecule has 1 heterocycles. The van der Waals surface area contributed by atoms with Gasteiger partial charge in [-0.3, -0.25) is 14.3 Å². The van der Waals surface area contributed by atoms with Crippen LogP contribution in [0.5, 0.6) is 0 Å². The maximum atomic E-state index is 11.3. The number of nitroso groups, excluding NO2 is 1. The van der Waals surface area contributed by atoms with Crippen molar-refractivity contribution in [3.05, 3.63) is 25.7 Å². The van der Waals surface area contributed by atoms with Crippen LogP contribution in [0.15, 0.2) is 14.8 Å². The van der Waals surface area contributed by atoms with Crippen LogP contribution < -0.4 is 16.6 Å². The number of rotatable bonds is 3. The van der Waals surface area contributed by atoms with Crippen LogP contribution in [0.4, 0.5) is 11.5 Å². The minimum absolute atomic E-state index is 0.196. The molecule has 1 aromatic heterocycles. The predicted octanol–water partition coefficient (Wildman–Crippen LogP) is 0.0458. The predicted molar refractivity (Wildman–Crippen MR) is 54.4 cm³/mol. The summed E-state index contributed by atoms with van der Waals surface area (Å²) in [5, 5.41) is 5.57. The summed E-state index contributed by atoms with van der Waals surface area (Å²) in [5.41, 5.74) is -1.59. The molecule has 7 nitrogen and oxygen atoms in total. The summed E-state index contributed by atoms with van der Waals surface area (Å²) in [6.07, 6.45) is 1.94. The minimum atomic E-state index is -0.753. The SMILES string of the molecule is Cn1c(NC2CC2)c(N=O)c(=O)[nH]c1=O. The molecule has 0 unspecified atom stereocenters. The highest BCUT2D eigenvalue weighted by atomic mass is 16.3. The van der Waals surface area contributed by atoms with Gasteiger partial charge in [-0.2, -0.15) is 0 Å². The van der Waals surface area contributed by atoms with Gasteiger partial charge in [0, 0.05) is 13.1 Å². The number of hydrogen-bond donors (Lipinski definition) is 2. The second-order valence-corrected chi connectivity index (χ2v) is 3.53. The molecule has 2 N–H and O–H groups in total. The third-order valence-corrected chi connectivity index (χ3v) is 2.31. The molecule has 0 spiro atoms. The van der Waals surface area contributed by atoms with E-state index in [1.165, 1.54) is 11.6 Å². The Bertz CT molecular complexity index is 512. The van der Waals surface area contributed by atoms with Gasteiger partial charge in [-0.05, 0) is 18.0 Å². The summed E-state index contributed by atoms with van der Waals surface area (Å²) in [5.74, 6) is 0.196. The van der Waals surface area contributed by atoms with E-state index in [4.69, 9.17) is 0 Å². The lowest BCUT2D eigenvalue weighted by atomic mass is 10.4. The summed E-state index contributed by atoms with van der Waals surface area (Å²) >= 11 is 0. The molecule has 1 fully saturated rings. The zero-order chi connectivity index (χ0) is 11.0. The van der Waals surface area contributed by atoms with Gasteiger partial charge in [0.15, 0.2) is 0 Å². The minimum Gasteiger partial charge on any atom is -0.367 e. The van der Waals surface area contributed by atoms with E-state index in [0.29, 0.717) is 0 Å². The molecular formula is C8H10N4O3. The molecule has 2 rings (SSSR count). The second kappa shape index (κ2) is 3.34. The van der Waals surface area contributed by atoms with E-state index in [1.807, 2.05) is 4.98 Å². The van der Waals surface area contributed by atoms with Crippen molar-refractivity contribution < 1.29 is 0 Å². The molecule has 0 atom stereocenters. The van der Waals surface area contributed by atoms with Crippen LogP contribution in [-0.2, 0) is 7.05 Å². The Morgan fingerprint density at radius 3 is 2.67 bits per heavy atom. The summed E-state index contributed by atoms with van der Waals surface area (Å²) in [7, 11) is 1.47. The Kier molecular flexibility index (Phi) is 2.14. The zero-order valence-corrected chi connectivity index (χ0v) is 8.11. The molecule has 0 aliphatic heterocycles. The van der Waals surface area contributed by atoms with Gasteiger partial charge >= 0.3 is 5.69 Å². The Labute approximate surface area is 84.1 Å². The topological polar surface area (TPSA) is 96.3 Å². The molecular weight excluding hydrogens is 200 g/mol. The summed E-state index contributed by atoms with van der Waals surface area (Å²) < 4.78 is 1.18. The average Bonchev–Trinajstić information content (AvgIpc) is 2.98. The first-order valence-corrected chi connectivity index (χ1v) is 4.56. The summed E-state index contributed by atoms with van der Waals surface area (Å²) in [6, 6.07) is 0.234. The quantitative estimate of drug-likeness (QED) is 0.688. The zero-order valence-electron chi connectivity index (χ0n) is 8.11. The first-order valence-electron chi connectivity index (χ1n) is 4.56. The highest BCUT2D eigenvalue weighted by molar-refractivity contribution is 5.60. The average molecular weight is 210 g/mol. The highest BCUT2D eigenvalue weighted by Crippen LogP contribution is 2.27. The number of nitrogens with zero attached hydrogens (tertiary/aromatic N) is 2. The number of aromatic amines is 1. The fourth-order valence-corrected chi connectivity index (χ4v) is 1.28. The Balaban J connectivity index is 2.60. The Morgan fingerprint density at radius 1 is 1.47 bits per heavy atom. The van der Waals surface area contributed by atoms with Crippen molar-refractivity contribution in [2.75, 3.05) is 5.32 Å². The van der Waals surface area contributed by atoms with Crippen LogP contribution in [0.2, 0.25) is 0 Å². The third-order valence-electron chi connectivity index (χ3n) is 2.31. The molecule has 0 amide bonds. The van der Waals surface area contributed by atoms with Crippen molar-refractivity contribution in [1.29, 1.82) is 0 Å². The third kappa shape index (κ3) is 1.67. The number of aromatic nitrogens is 2. The number of hydrogen-bond acceptors (Lipinski definition) is 5. The van der Waals surface area contributed by atoms with Gasteiger partial charge in [-0.15, -0.1) is 4.91 Å². The van der Waals surface area contributed by atoms with E-state index in [9.17, 15) is 14.5 Å². The number of H-pyrrole nitrogens is 1. The van der Waals surface area contributed by atoms with Crippen LogP contribution >= 0.6 is 0 Å². The smallest absolute Gasteiger partial charge is 0.329 e. The lowest BCUT2D eigenvalue weighted by Crippen LogP contribution is -2.30. The molecule has 80 valence electrons. The largest absolute Gasteiger partial charge is 0.367 e. The number of anilines is 1. The van der Waals surface area contributed by atoms with Crippen molar-refractivity contribution >= 4 is 11.5 Å². The normalized spacial score (nSPS) is 15.0. The van der Waals surface area contributed by atoms with Gasteiger partial charge in [-0.25, -0.2) is 4.79 Å². The van der Waals surface area contributed by atoms with E-state index in [1.54, 1.807) is 0 Å². The maximum Gasteiger partial charge on any atom is 0.329 e. The fraction of sp³-hybridized carbons (Fsp3) is 0.500. The summed E-state index contributed by atoms with van der Waals surface area (Å²) in [4.78, 5) is 35.0. The van der Waals surface area contributed by atoms with Crippen molar-refractivity contribution in [2.24, 2.45) is 12.2 Å². The Hall–Kier alpha value is -1.92. The van der Waals surface area contributed by atoms with Gasteiger partial charge < -0.3 is 5.32 Å². The molecule has 0 aromatic carbocycles. The van der Waals surface area contributed by atoms with Gasteiger partial charge in [0.25, 0.3) is 5.56 Å². The van der Waals surface area contributed by atoms with Gasteiger partial charge in [-0.1, -0.05) is 0 Å². The molecule has 1 aliphatic rings. The molecule has 1 aliphatic carbocycles. The van der Waals surface area contributed by atoms with Crippen molar-refractivity contribution in [3.63, 3.8) is 0 Å². The van der Waals surface area contributed by atoms with Gasteiger partial charge in [0.1, 0.15) is 5.82 Å². The van der Waals surface area contributed by atoms with E-state index in [-0.39, 0.29) is 17.5 Å². The van der Waals surface area contributed by atoms with Crippen LogP contribution in [0, 0.1) is 4.91 Å². The molecule has 1 aromatic rings. The van der Waals surface area contributed by atoms with E-state index in [2.05, 4.69) is 10.5 Å². The monoisotopic (exact) mass is 210 g/mol. The first-order chi connectivity index (χ1) is 7.13. The molecule has 0 radical (unpaired) electrons. The molecule has 0 saturated heterocycles. The van der Waals surface area contributed by atoms with Gasteiger partial charge in [0.05, 0.1) is 0 Å². The van der Waals surface area contributed by atoms with Crippen LogP contribution in [0.3, 0.4) is 0 Å². The molecule has 7 heteroatoms. The van der Waals surface area contributed by atoms with E-state index >= 15 is 0 Å². The molecule has 0 bridgehead atoms. The lowest BCUT2D eigenvalue weighted by molar-refractivity contribution is 0.799. The van der Waals surface area contributed by atoms with Crippen LogP contribution in [-0.4, -0.2) is 15.6 Å². The standard InChI is InChI=1S/C8H10N4O3/c1-12-6(9-4-2-3-4)5(11-15)7(13)10-8(12)14/h4,9H,2-3H2,1H3,(H,10,13,14). The maximum absolute atomic E-state index is 11.3. The number of nitrogens with one attached hydrogen (secondary N) is 2. The van der Waals surface area contributed by atoms with Crippen molar-refractivity contribution in [3.8, 4) is 0 Å². The Morgan fingerprint density at radius 2 is 2.13 bits per heavy atom. The molecule has 15 heavy (non-hydrogen) atoms. The second-order valence-electron chi connectivity index (χ2n) is 3.53. The van der Waals surface area contributed by atoms with E-state index < -0.39 is 11.2 Å². The summed E-state index contributed by atoms with van der Waals surface area (Å²) in [6.45, 7) is 0. The van der Waals surface area contributed by atoms with E-state index in [0.717, 1.165) is 12.8 Å². The van der Waals surface area contributed by atoms with Gasteiger partial charge in [0.2, 0.25) is 5.69 Å². The molecule has 1 saturated carbocycles.